The fourth-order valence-corrected chi connectivity index (χ4v) is 10.4. The van der Waals surface area contributed by atoms with Crippen molar-refractivity contribution in [1.82, 2.24) is 0 Å². The molecule has 0 fully saturated rings. The maximum Gasteiger partial charge on any atom is 0.0714 e. The molecular formula is C63H43N. The molecule has 0 N–H and O–H groups in total. The maximum atomic E-state index is 2.52. The first-order chi connectivity index (χ1) is 31.7. The van der Waals surface area contributed by atoms with Crippen molar-refractivity contribution in [2.75, 3.05) is 4.90 Å². The second-order valence-electron chi connectivity index (χ2n) is 16.8. The highest BCUT2D eigenvalue weighted by atomic mass is 15.1. The lowest BCUT2D eigenvalue weighted by molar-refractivity contribution is 0.768. The predicted molar refractivity (Wildman–Crippen MR) is 270 cm³/mol. The fourth-order valence-electron chi connectivity index (χ4n) is 10.4. The average molecular weight is 814 g/mol. The molecule has 0 heterocycles. The van der Waals surface area contributed by atoms with E-state index in [0.717, 1.165) is 17.1 Å². The largest absolute Gasteiger partial charge is 0.310 e. The van der Waals surface area contributed by atoms with Gasteiger partial charge in [-0.2, -0.15) is 0 Å². The van der Waals surface area contributed by atoms with Gasteiger partial charge in [-0.05, 0) is 125 Å². The first-order valence-corrected chi connectivity index (χ1v) is 22.2. The minimum absolute atomic E-state index is 0.565. The Morgan fingerprint density at radius 1 is 0.266 bits per heavy atom. The standard InChI is InChI=1S/C63H43N/c1-5-17-44(18-6-1)46-31-36-53(37-32-46)64(54-38-33-47(34-39-54)45-19-7-2-8-20-45)62-43-61-59(42-58(62)50-35-40-56-49(41-50)30-29-48-21-13-14-26-55(48)56)57-27-15-16-28-60(57)63(61,51-22-9-3-10-23-51)52-24-11-4-12-25-52/h1-43H. The number of hydrogen-bond donors (Lipinski definition) is 0. The van der Waals surface area contributed by atoms with E-state index < -0.39 is 5.41 Å². The summed E-state index contributed by atoms with van der Waals surface area (Å²) in [5, 5.41) is 4.99. The topological polar surface area (TPSA) is 3.24 Å². The smallest absolute Gasteiger partial charge is 0.0714 e. The molecule has 64 heavy (non-hydrogen) atoms. The van der Waals surface area contributed by atoms with Crippen molar-refractivity contribution in [3.8, 4) is 44.5 Å². The fraction of sp³-hybridized carbons (Fsp3) is 0.0159. The number of rotatable bonds is 8. The van der Waals surface area contributed by atoms with Crippen LogP contribution < -0.4 is 4.90 Å². The van der Waals surface area contributed by atoms with Crippen LogP contribution >= 0.6 is 0 Å². The van der Waals surface area contributed by atoms with Gasteiger partial charge in [0.1, 0.15) is 0 Å². The van der Waals surface area contributed by atoms with Gasteiger partial charge in [-0.3, -0.25) is 0 Å². The van der Waals surface area contributed by atoms with E-state index in [1.165, 1.54) is 88.3 Å². The van der Waals surface area contributed by atoms with Crippen molar-refractivity contribution in [3.05, 3.63) is 283 Å². The third-order valence-electron chi connectivity index (χ3n) is 13.3. The van der Waals surface area contributed by atoms with E-state index in [4.69, 9.17) is 0 Å². The Bertz CT molecular complexity index is 3330. The molecule has 0 radical (unpaired) electrons. The molecule has 0 bridgehead atoms. The van der Waals surface area contributed by atoms with Gasteiger partial charge in [0, 0.05) is 16.9 Å². The van der Waals surface area contributed by atoms with Gasteiger partial charge < -0.3 is 4.90 Å². The summed E-state index contributed by atoms with van der Waals surface area (Å²) in [6.07, 6.45) is 0. The summed E-state index contributed by atoms with van der Waals surface area (Å²) in [5.74, 6) is 0. The molecule has 0 saturated heterocycles. The van der Waals surface area contributed by atoms with Gasteiger partial charge in [0.05, 0.1) is 11.1 Å². The van der Waals surface area contributed by atoms with Crippen LogP contribution in [0.15, 0.2) is 261 Å². The molecule has 11 aromatic carbocycles. The van der Waals surface area contributed by atoms with E-state index in [0.29, 0.717) is 0 Å². The molecule has 1 heteroatoms. The Morgan fingerprint density at radius 2 is 0.734 bits per heavy atom. The number of anilines is 3. The van der Waals surface area contributed by atoms with E-state index in [1.807, 2.05) is 0 Å². The van der Waals surface area contributed by atoms with Gasteiger partial charge in [0.15, 0.2) is 0 Å². The van der Waals surface area contributed by atoms with Gasteiger partial charge in [0.2, 0.25) is 0 Å². The summed E-state index contributed by atoms with van der Waals surface area (Å²) in [5.41, 5.74) is 17.4. The van der Waals surface area contributed by atoms with Crippen molar-refractivity contribution < 1.29 is 0 Å². The van der Waals surface area contributed by atoms with Crippen molar-refractivity contribution >= 4 is 38.6 Å². The number of fused-ring (bicyclic) bond motifs is 6. The Kier molecular flexibility index (Phi) is 9.13. The van der Waals surface area contributed by atoms with Crippen LogP contribution in [0.4, 0.5) is 17.1 Å². The molecule has 0 unspecified atom stereocenters. The van der Waals surface area contributed by atoms with E-state index in [9.17, 15) is 0 Å². The highest BCUT2D eigenvalue weighted by Gasteiger charge is 2.46. The van der Waals surface area contributed by atoms with Crippen LogP contribution in [-0.2, 0) is 5.41 Å². The quantitative estimate of drug-likeness (QED) is 0.138. The van der Waals surface area contributed by atoms with Gasteiger partial charge in [-0.25, -0.2) is 0 Å². The molecule has 0 atom stereocenters. The summed E-state index contributed by atoms with van der Waals surface area (Å²) in [4.78, 5) is 2.48. The molecule has 1 nitrogen and oxygen atoms in total. The molecule has 0 aromatic heterocycles. The van der Waals surface area contributed by atoms with Crippen molar-refractivity contribution in [2.45, 2.75) is 5.41 Å². The second kappa shape index (κ2) is 15.6. The van der Waals surface area contributed by atoms with Crippen LogP contribution in [-0.4, -0.2) is 0 Å². The first kappa shape index (κ1) is 37.5. The molecule has 0 saturated carbocycles. The molecular weight excluding hydrogens is 771 g/mol. The van der Waals surface area contributed by atoms with Crippen molar-refractivity contribution in [2.24, 2.45) is 0 Å². The molecule has 0 amide bonds. The molecule has 0 aliphatic heterocycles. The summed E-state index contributed by atoms with van der Waals surface area (Å²) < 4.78 is 0. The van der Waals surface area contributed by atoms with E-state index in [1.54, 1.807) is 0 Å². The van der Waals surface area contributed by atoms with Gasteiger partial charge in [-0.15, -0.1) is 0 Å². The molecule has 300 valence electrons. The summed E-state index contributed by atoms with van der Waals surface area (Å²) in [6, 6.07) is 96.1. The van der Waals surface area contributed by atoms with Crippen LogP contribution in [0, 0.1) is 0 Å². The summed E-state index contributed by atoms with van der Waals surface area (Å²) in [7, 11) is 0. The van der Waals surface area contributed by atoms with E-state index in [-0.39, 0.29) is 0 Å². The number of nitrogens with zero attached hydrogens (tertiary/aromatic N) is 1. The lowest BCUT2D eigenvalue weighted by Gasteiger charge is -2.35. The zero-order chi connectivity index (χ0) is 42.5. The second-order valence-corrected chi connectivity index (χ2v) is 16.8. The lowest BCUT2D eigenvalue weighted by atomic mass is 9.67. The van der Waals surface area contributed by atoms with Crippen LogP contribution in [0.25, 0.3) is 66.1 Å². The van der Waals surface area contributed by atoms with Gasteiger partial charge in [-0.1, -0.05) is 218 Å². The molecule has 1 aliphatic carbocycles. The van der Waals surface area contributed by atoms with Crippen LogP contribution in [0.5, 0.6) is 0 Å². The predicted octanol–water partition coefficient (Wildman–Crippen LogP) is 16.8. The van der Waals surface area contributed by atoms with Gasteiger partial charge in [0.25, 0.3) is 0 Å². The van der Waals surface area contributed by atoms with Crippen LogP contribution in [0.1, 0.15) is 22.3 Å². The Labute approximate surface area is 374 Å². The van der Waals surface area contributed by atoms with Crippen LogP contribution in [0.2, 0.25) is 0 Å². The molecule has 1 aliphatic rings. The minimum Gasteiger partial charge on any atom is -0.310 e. The van der Waals surface area contributed by atoms with Gasteiger partial charge >= 0.3 is 0 Å². The first-order valence-electron chi connectivity index (χ1n) is 22.2. The third kappa shape index (κ3) is 6.16. The molecule has 12 rings (SSSR count). The van der Waals surface area contributed by atoms with Crippen LogP contribution in [0.3, 0.4) is 0 Å². The monoisotopic (exact) mass is 813 g/mol. The summed E-state index contributed by atoms with van der Waals surface area (Å²) in [6.45, 7) is 0. The van der Waals surface area contributed by atoms with Crippen molar-refractivity contribution in [1.29, 1.82) is 0 Å². The normalized spacial score (nSPS) is 12.5. The third-order valence-corrected chi connectivity index (χ3v) is 13.3. The lowest BCUT2D eigenvalue weighted by Crippen LogP contribution is -2.28. The molecule has 11 aromatic rings. The SMILES string of the molecule is c1ccc(-c2ccc(N(c3ccc(-c4ccccc4)cc3)c3cc4c(cc3-c3ccc5c(ccc6ccccc65)c3)-c3ccccc3C4(c3ccccc3)c3ccccc3)cc2)cc1. The maximum absolute atomic E-state index is 2.52. The zero-order valence-corrected chi connectivity index (χ0v) is 35.3. The van der Waals surface area contributed by atoms with Crippen molar-refractivity contribution in [3.63, 3.8) is 0 Å². The highest BCUT2D eigenvalue weighted by Crippen LogP contribution is 2.59. The Hall–Kier alpha value is -8.26. The Morgan fingerprint density at radius 3 is 1.34 bits per heavy atom. The highest BCUT2D eigenvalue weighted by molar-refractivity contribution is 6.09. The Balaban J connectivity index is 1.17. The molecule has 0 spiro atoms. The number of benzene rings is 11. The summed E-state index contributed by atoms with van der Waals surface area (Å²) >= 11 is 0. The number of hydrogen-bond acceptors (Lipinski definition) is 1. The van der Waals surface area contributed by atoms with E-state index >= 15 is 0 Å². The average Bonchev–Trinajstić information content (AvgIpc) is 3.67. The zero-order valence-electron chi connectivity index (χ0n) is 35.3. The van der Waals surface area contributed by atoms with E-state index in [2.05, 4.69) is 266 Å². The minimum atomic E-state index is -0.565.